The van der Waals surface area contributed by atoms with Crippen LogP contribution in [0, 0.1) is 5.41 Å². The summed E-state index contributed by atoms with van der Waals surface area (Å²) in [6.45, 7) is 0. The summed E-state index contributed by atoms with van der Waals surface area (Å²) in [6, 6.07) is 0. The Hall–Kier alpha value is -0.740. The third-order valence-corrected chi connectivity index (χ3v) is 2.88. The van der Waals surface area contributed by atoms with Crippen LogP contribution >= 0.6 is 0 Å². The Morgan fingerprint density at radius 2 is 1.93 bits per heavy atom. The van der Waals surface area contributed by atoms with Crippen LogP contribution in [0.1, 0.15) is 38.5 Å². The van der Waals surface area contributed by atoms with Gasteiger partial charge in [-0.15, -0.1) is 0 Å². The van der Waals surface area contributed by atoms with E-state index in [9.17, 15) is 18.0 Å². The smallest absolute Gasteiger partial charge is 0.389 e. The Kier molecular flexibility index (Phi) is 3.07. The number of hydrogen-bond acceptors (Lipinski definition) is 1. The topological polar surface area (TPSA) is 37.3 Å². The van der Waals surface area contributed by atoms with Crippen molar-refractivity contribution in [2.75, 3.05) is 0 Å². The van der Waals surface area contributed by atoms with Crippen LogP contribution < -0.4 is 0 Å². The van der Waals surface area contributed by atoms with Gasteiger partial charge in [-0.2, -0.15) is 13.2 Å². The molecule has 0 spiro atoms. The summed E-state index contributed by atoms with van der Waals surface area (Å²) in [5, 5.41) is 8.83. The van der Waals surface area contributed by atoms with Gasteiger partial charge in [0.05, 0.1) is 5.41 Å². The van der Waals surface area contributed by atoms with E-state index in [1.54, 1.807) is 0 Å². The molecule has 0 aromatic heterocycles. The maximum atomic E-state index is 11.8. The third kappa shape index (κ3) is 2.62. The van der Waals surface area contributed by atoms with Gasteiger partial charge in [-0.1, -0.05) is 6.42 Å². The van der Waals surface area contributed by atoms with Gasteiger partial charge in [0, 0.05) is 6.42 Å². The monoisotopic (exact) mass is 210 g/mol. The van der Waals surface area contributed by atoms with Crippen molar-refractivity contribution < 1.29 is 23.1 Å². The molecular formula is C9H13F3O2. The van der Waals surface area contributed by atoms with E-state index in [0.29, 0.717) is 12.8 Å². The molecule has 0 amide bonds. The lowest BCUT2D eigenvalue weighted by atomic mass is 9.66. The van der Waals surface area contributed by atoms with Gasteiger partial charge in [-0.25, -0.2) is 0 Å². The number of alkyl halides is 3. The van der Waals surface area contributed by atoms with Crippen molar-refractivity contribution in [1.82, 2.24) is 0 Å². The molecule has 82 valence electrons. The van der Waals surface area contributed by atoms with E-state index in [-0.39, 0.29) is 12.8 Å². The molecule has 0 aliphatic heterocycles. The number of carboxylic acids is 1. The lowest BCUT2D eigenvalue weighted by molar-refractivity contribution is -0.158. The fraction of sp³-hybridized carbons (Fsp3) is 0.889. The standard InChI is InChI=1S/C9H13F3O2/c10-9(11,12)6-2-5-8(7(13)14)3-1-4-8/h1-6H2,(H,13,14). The Morgan fingerprint density at radius 1 is 1.36 bits per heavy atom. The summed E-state index contributed by atoms with van der Waals surface area (Å²) in [6.07, 6.45) is -3.08. The van der Waals surface area contributed by atoms with Crippen LogP contribution in [0.5, 0.6) is 0 Å². The second-order valence-electron chi connectivity index (χ2n) is 3.91. The van der Waals surface area contributed by atoms with Gasteiger partial charge in [0.15, 0.2) is 0 Å². The molecule has 0 heterocycles. The van der Waals surface area contributed by atoms with E-state index in [1.165, 1.54) is 0 Å². The van der Waals surface area contributed by atoms with Crippen molar-refractivity contribution in [3.63, 3.8) is 0 Å². The highest BCUT2D eigenvalue weighted by Crippen LogP contribution is 2.45. The second kappa shape index (κ2) is 3.79. The molecule has 0 radical (unpaired) electrons. The molecule has 1 N–H and O–H groups in total. The zero-order chi connectivity index (χ0) is 10.8. The maximum absolute atomic E-state index is 11.8. The van der Waals surface area contributed by atoms with Crippen molar-refractivity contribution in [1.29, 1.82) is 0 Å². The minimum atomic E-state index is -4.16. The zero-order valence-corrected chi connectivity index (χ0v) is 7.73. The first kappa shape index (κ1) is 11.3. The Morgan fingerprint density at radius 3 is 2.21 bits per heavy atom. The normalized spacial score (nSPS) is 20.2. The van der Waals surface area contributed by atoms with Gasteiger partial charge >= 0.3 is 12.1 Å². The van der Waals surface area contributed by atoms with E-state index in [0.717, 1.165) is 6.42 Å². The molecule has 0 atom stereocenters. The van der Waals surface area contributed by atoms with Crippen LogP contribution in [-0.4, -0.2) is 17.3 Å². The number of halogens is 3. The predicted molar refractivity (Wildman–Crippen MR) is 43.8 cm³/mol. The Balaban J connectivity index is 2.33. The molecule has 14 heavy (non-hydrogen) atoms. The highest BCUT2D eigenvalue weighted by atomic mass is 19.4. The average molecular weight is 210 g/mol. The number of aliphatic carboxylic acids is 1. The number of rotatable bonds is 4. The first-order valence-electron chi connectivity index (χ1n) is 4.66. The molecule has 0 aromatic rings. The van der Waals surface area contributed by atoms with Crippen LogP contribution in [0.3, 0.4) is 0 Å². The first-order valence-corrected chi connectivity index (χ1v) is 4.66. The molecule has 0 aromatic carbocycles. The zero-order valence-electron chi connectivity index (χ0n) is 7.73. The quantitative estimate of drug-likeness (QED) is 0.774. The molecule has 0 saturated heterocycles. The molecular weight excluding hydrogens is 197 g/mol. The number of hydrogen-bond donors (Lipinski definition) is 1. The summed E-state index contributed by atoms with van der Waals surface area (Å²) in [5.74, 6) is -0.939. The van der Waals surface area contributed by atoms with Crippen LogP contribution in [0.4, 0.5) is 13.2 Å². The SMILES string of the molecule is O=C(O)C1(CCCC(F)(F)F)CCC1. The summed E-state index contributed by atoms with van der Waals surface area (Å²) in [5.41, 5.74) is -0.842. The van der Waals surface area contributed by atoms with Crippen LogP contribution in [0.2, 0.25) is 0 Å². The third-order valence-electron chi connectivity index (χ3n) is 2.88. The molecule has 1 rings (SSSR count). The summed E-state index contributed by atoms with van der Waals surface area (Å²) in [7, 11) is 0. The highest BCUT2D eigenvalue weighted by Gasteiger charge is 2.44. The molecule has 0 unspecified atom stereocenters. The van der Waals surface area contributed by atoms with Gasteiger partial charge in [-0.05, 0) is 25.7 Å². The number of carboxylic acid groups (broad SMARTS) is 1. The molecule has 5 heteroatoms. The second-order valence-corrected chi connectivity index (χ2v) is 3.91. The van der Waals surface area contributed by atoms with E-state index in [4.69, 9.17) is 5.11 Å². The molecule has 1 saturated carbocycles. The van der Waals surface area contributed by atoms with Gasteiger partial charge in [0.25, 0.3) is 0 Å². The van der Waals surface area contributed by atoms with Gasteiger partial charge in [0.2, 0.25) is 0 Å². The molecule has 1 aliphatic carbocycles. The molecule has 1 fully saturated rings. The van der Waals surface area contributed by atoms with E-state index in [2.05, 4.69) is 0 Å². The molecule has 2 nitrogen and oxygen atoms in total. The molecule has 1 aliphatic rings. The first-order chi connectivity index (χ1) is 6.36. The Bertz CT molecular complexity index is 219. The minimum absolute atomic E-state index is 0.0736. The van der Waals surface area contributed by atoms with E-state index >= 15 is 0 Å². The lowest BCUT2D eigenvalue weighted by Crippen LogP contribution is -2.38. The van der Waals surface area contributed by atoms with Crippen molar-refractivity contribution in [3.05, 3.63) is 0 Å². The lowest BCUT2D eigenvalue weighted by Gasteiger charge is -2.37. The maximum Gasteiger partial charge on any atom is 0.389 e. The fourth-order valence-electron chi connectivity index (χ4n) is 1.80. The predicted octanol–water partition coefficient (Wildman–Crippen LogP) is 2.97. The Labute approximate surface area is 80.1 Å². The van der Waals surface area contributed by atoms with Crippen molar-refractivity contribution in [2.24, 2.45) is 5.41 Å². The van der Waals surface area contributed by atoms with Crippen LogP contribution in [-0.2, 0) is 4.79 Å². The minimum Gasteiger partial charge on any atom is -0.481 e. The van der Waals surface area contributed by atoms with Crippen LogP contribution in [0.15, 0.2) is 0 Å². The largest absolute Gasteiger partial charge is 0.481 e. The van der Waals surface area contributed by atoms with Crippen LogP contribution in [0.25, 0.3) is 0 Å². The highest BCUT2D eigenvalue weighted by molar-refractivity contribution is 5.75. The fourth-order valence-corrected chi connectivity index (χ4v) is 1.80. The van der Waals surface area contributed by atoms with Crippen molar-refractivity contribution in [2.45, 2.75) is 44.7 Å². The molecule has 0 bridgehead atoms. The summed E-state index contributed by atoms with van der Waals surface area (Å²) < 4.78 is 35.4. The average Bonchev–Trinajstić information content (AvgIpc) is 1.91. The summed E-state index contributed by atoms with van der Waals surface area (Å²) in [4.78, 5) is 10.8. The number of carbonyl (C=O) groups is 1. The van der Waals surface area contributed by atoms with Crippen molar-refractivity contribution in [3.8, 4) is 0 Å². The van der Waals surface area contributed by atoms with Gasteiger partial charge in [0.1, 0.15) is 0 Å². The summed E-state index contributed by atoms with van der Waals surface area (Å²) >= 11 is 0. The van der Waals surface area contributed by atoms with Crippen molar-refractivity contribution >= 4 is 5.97 Å². The van der Waals surface area contributed by atoms with Gasteiger partial charge < -0.3 is 5.11 Å². The van der Waals surface area contributed by atoms with E-state index in [1.807, 2.05) is 0 Å². The van der Waals surface area contributed by atoms with E-state index < -0.39 is 24.0 Å². The van der Waals surface area contributed by atoms with Gasteiger partial charge in [-0.3, -0.25) is 4.79 Å².